The second-order valence-electron chi connectivity index (χ2n) is 4.12. The van der Waals surface area contributed by atoms with Gasteiger partial charge < -0.3 is 9.64 Å². The number of nitriles is 1. The predicted molar refractivity (Wildman–Crippen MR) is 65.6 cm³/mol. The van der Waals surface area contributed by atoms with Gasteiger partial charge in [-0.1, -0.05) is 30.3 Å². The maximum atomic E-state index is 11.8. The van der Waals surface area contributed by atoms with Gasteiger partial charge in [0.15, 0.2) is 0 Å². The average molecular weight is 245 g/mol. The quantitative estimate of drug-likeness (QED) is 0.848. The van der Waals surface area contributed by atoms with Gasteiger partial charge in [-0.05, 0) is 5.56 Å². The molecule has 1 heterocycles. The van der Waals surface area contributed by atoms with Crippen LogP contribution in [0.5, 0.6) is 0 Å². The second-order valence-corrected chi connectivity index (χ2v) is 4.12. The first-order chi connectivity index (χ1) is 8.79. The van der Waals surface area contributed by atoms with Crippen molar-refractivity contribution >= 4 is 6.09 Å². The van der Waals surface area contributed by atoms with Gasteiger partial charge in [0, 0.05) is 13.1 Å². The average Bonchev–Trinajstić information content (AvgIpc) is 2.46. The van der Waals surface area contributed by atoms with Crippen molar-refractivity contribution in [1.29, 1.82) is 5.26 Å². The van der Waals surface area contributed by atoms with E-state index in [0.29, 0.717) is 19.6 Å². The molecule has 94 valence electrons. The highest BCUT2D eigenvalue weighted by Gasteiger charge is 2.23. The van der Waals surface area contributed by atoms with Gasteiger partial charge in [-0.3, -0.25) is 5.32 Å². The van der Waals surface area contributed by atoms with Gasteiger partial charge in [0.25, 0.3) is 0 Å². The van der Waals surface area contributed by atoms with Crippen molar-refractivity contribution in [2.45, 2.75) is 12.6 Å². The Morgan fingerprint density at radius 1 is 1.50 bits per heavy atom. The number of carbonyl (C=O) groups is 1. The van der Waals surface area contributed by atoms with E-state index in [2.05, 4.69) is 11.4 Å². The predicted octanol–water partition coefficient (Wildman–Crippen LogP) is 1.12. The van der Waals surface area contributed by atoms with Crippen LogP contribution in [0.25, 0.3) is 0 Å². The Balaban J connectivity index is 1.83. The van der Waals surface area contributed by atoms with E-state index in [4.69, 9.17) is 10.00 Å². The van der Waals surface area contributed by atoms with Gasteiger partial charge in [-0.2, -0.15) is 5.26 Å². The van der Waals surface area contributed by atoms with Gasteiger partial charge in [0.2, 0.25) is 0 Å². The van der Waals surface area contributed by atoms with Crippen LogP contribution in [0.4, 0.5) is 4.79 Å². The molecule has 5 nitrogen and oxygen atoms in total. The Morgan fingerprint density at radius 2 is 2.28 bits per heavy atom. The molecule has 1 aliphatic rings. The molecule has 5 heteroatoms. The van der Waals surface area contributed by atoms with E-state index in [1.54, 1.807) is 4.90 Å². The van der Waals surface area contributed by atoms with E-state index in [-0.39, 0.29) is 18.7 Å². The number of hydrogen-bond acceptors (Lipinski definition) is 4. The number of nitrogens with zero attached hydrogens (tertiary/aromatic N) is 2. The molecule has 0 saturated carbocycles. The fraction of sp³-hybridized carbons (Fsp3) is 0.385. The van der Waals surface area contributed by atoms with Crippen LogP contribution in [-0.2, 0) is 11.3 Å². The number of ether oxygens (including phenoxy) is 1. The number of rotatable bonds is 2. The SMILES string of the molecule is N#CC1CN(C(=O)OCc2ccccc2)CCN1. The Hall–Kier alpha value is -2.06. The van der Waals surface area contributed by atoms with E-state index in [1.807, 2.05) is 30.3 Å². The van der Waals surface area contributed by atoms with Crippen LogP contribution in [0.15, 0.2) is 30.3 Å². The maximum Gasteiger partial charge on any atom is 0.410 e. The smallest absolute Gasteiger partial charge is 0.410 e. The molecule has 1 saturated heterocycles. The zero-order valence-electron chi connectivity index (χ0n) is 10.0. The van der Waals surface area contributed by atoms with Crippen LogP contribution in [-0.4, -0.2) is 36.7 Å². The summed E-state index contributed by atoms with van der Waals surface area (Å²) in [5.74, 6) is 0. The highest BCUT2D eigenvalue weighted by atomic mass is 16.6. The third-order valence-electron chi connectivity index (χ3n) is 2.79. The molecule has 0 spiro atoms. The fourth-order valence-corrected chi connectivity index (χ4v) is 1.81. The first-order valence-electron chi connectivity index (χ1n) is 5.88. The molecule has 1 amide bonds. The number of nitrogens with one attached hydrogen (secondary N) is 1. The highest BCUT2D eigenvalue weighted by molar-refractivity contribution is 5.68. The third kappa shape index (κ3) is 3.22. The normalized spacial score (nSPS) is 19.1. The van der Waals surface area contributed by atoms with Crippen LogP contribution in [0.1, 0.15) is 5.56 Å². The Labute approximate surface area is 106 Å². The summed E-state index contributed by atoms with van der Waals surface area (Å²) in [6, 6.07) is 11.3. The first-order valence-corrected chi connectivity index (χ1v) is 5.88. The Kier molecular flexibility index (Phi) is 4.15. The first kappa shape index (κ1) is 12.4. The van der Waals surface area contributed by atoms with Gasteiger partial charge >= 0.3 is 6.09 Å². The molecular weight excluding hydrogens is 230 g/mol. The molecule has 1 unspecified atom stereocenters. The number of amides is 1. The van der Waals surface area contributed by atoms with E-state index < -0.39 is 0 Å². The summed E-state index contributed by atoms with van der Waals surface area (Å²) in [6.07, 6.45) is -0.361. The molecule has 0 aromatic heterocycles. The summed E-state index contributed by atoms with van der Waals surface area (Å²) in [4.78, 5) is 13.4. The Morgan fingerprint density at radius 3 is 3.00 bits per heavy atom. The van der Waals surface area contributed by atoms with Gasteiger partial charge in [-0.15, -0.1) is 0 Å². The number of carbonyl (C=O) groups excluding carboxylic acids is 1. The zero-order chi connectivity index (χ0) is 12.8. The molecule has 1 N–H and O–H groups in total. The van der Waals surface area contributed by atoms with Crippen LogP contribution in [0.3, 0.4) is 0 Å². The van der Waals surface area contributed by atoms with Gasteiger partial charge in [-0.25, -0.2) is 4.79 Å². The molecule has 2 rings (SSSR count). The Bertz CT molecular complexity index is 441. The summed E-state index contributed by atoms with van der Waals surface area (Å²) in [6.45, 7) is 1.84. The molecule has 1 atom stereocenters. The minimum Gasteiger partial charge on any atom is -0.445 e. The molecule has 1 aromatic rings. The lowest BCUT2D eigenvalue weighted by Gasteiger charge is -2.29. The minimum absolute atomic E-state index is 0.265. The van der Waals surface area contributed by atoms with Gasteiger partial charge in [0.1, 0.15) is 12.6 Å². The largest absolute Gasteiger partial charge is 0.445 e. The molecule has 0 bridgehead atoms. The molecule has 0 radical (unpaired) electrons. The molecule has 18 heavy (non-hydrogen) atoms. The number of piperazine rings is 1. The molecule has 1 aliphatic heterocycles. The topological polar surface area (TPSA) is 65.4 Å². The van der Waals surface area contributed by atoms with Gasteiger partial charge in [0.05, 0.1) is 12.6 Å². The maximum absolute atomic E-state index is 11.8. The van der Waals surface area contributed by atoms with Crippen molar-refractivity contribution < 1.29 is 9.53 Å². The number of benzene rings is 1. The second kappa shape index (κ2) is 6.03. The molecular formula is C13H15N3O2. The number of hydrogen-bond donors (Lipinski definition) is 1. The lowest BCUT2D eigenvalue weighted by molar-refractivity contribution is 0.0884. The van der Waals surface area contributed by atoms with Crippen molar-refractivity contribution in [2.75, 3.05) is 19.6 Å². The highest BCUT2D eigenvalue weighted by Crippen LogP contribution is 2.05. The molecule has 0 aliphatic carbocycles. The van der Waals surface area contributed by atoms with E-state index in [0.717, 1.165) is 5.56 Å². The summed E-state index contributed by atoms with van der Waals surface area (Å²) < 4.78 is 5.21. The fourth-order valence-electron chi connectivity index (χ4n) is 1.81. The minimum atomic E-state index is -0.361. The lowest BCUT2D eigenvalue weighted by Crippen LogP contribution is -2.52. The van der Waals surface area contributed by atoms with Crippen molar-refractivity contribution in [3.8, 4) is 6.07 Å². The molecule has 1 fully saturated rings. The zero-order valence-corrected chi connectivity index (χ0v) is 10.0. The van der Waals surface area contributed by atoms with Crippen molar-refractivity contribution in [1.82, 2.24) is 10.2 Å². The summed E-state index contributed by atoms with van der Waals surface area (Å²) in [5, 5.41) is 11.8. The monoisotopic (exact) mass is 245 g/mol. The summed E-state index contributed by atoms with van der Waals surface area (Å²) in [5.41, 5.74) is 0.956. The van der Waals surface area contributed by atoms with Crippen molar-refractivity contribution in [3.63, 3.8) is 0 Å². The van der Waals surface area contributed by atoms with E-state index >= 15 is 0 Å². The third-order valence-corrected chi connectivity index (χ3v) is 2.79. The van der Waals surface area contributed by atoms with Crippen LogP contribution in [0, 0.1) is 11.3 Å². The van der Waals surface area contributed by atoms with Crippen LogP contribution >= 0.6 is 0 Å². The van der Waals surface area contributed by atoms with Crippen LogP contribution in [0.2, 0.25) is 0 Å². The molecule has 1 aromatic carbocycles. The van der Waals surface area contributed by atoms with Crippen LogP contribution < -0.4 is 5.32 Å². The summed E-state index contributed by atoms with van der Waals surface area (Å²) in [7, 11) is 0. The lowest BCUT2D eigenvalue weighted by atomic mass is 10.2. The summed E-state index contributed by atoms with van der Waals surface area (Å²) >= 11 is 0. The van der Waals surface area contributed by atoms with Crippen molar-refractivity contribution in [3.05, 3.63) is 35.9 Å². The van der Waals surface area contributed by atoms with Crippen molar-refractivity contribution in [2.24, 2.45) is 0 Å². The van der Waals surface area contributed by atoms with E-state index in [1.165, 1.54) is 0 Å². The van der Waals surface area contributed by atoms with E-state index in [9.17, 15) is 4.79 Å². The standard InChI is InChI=1S/C13H15N3O2/c14-8-12-9-16(7-6-15-12)13(17)18-10-11-4-2-1-3-5-11/h1-5,12,15H,6-7,9-10H2.